The van der Waals surface area contributed by atoms with Crippen molar-refractivity contribution in [2.75, 3.05) is 6.54 Å². The summed E-state index contributed by atoms with van der Waals surface area (Å²) >= 11 is 0. The van der Waals surface area contributed by atoms with E-state index in [1.165, 1.54) is 12.8 Å². The summed E-state index contributed by atoms with van der Waals surface area (Å²) in [6, 6.07) is 3.18. The number of nitrogens with one attached hydrogen (secondary N) is 1. The minimum atomic E-state index is -0.632. The molecule has 1 saturated heterocycles. The van der Waals surface area contributed by atoms with Crippen LogP contribution in [0.25, 0.3) is 0 Å². The number of rotatable bonds is 3. The molecule has 1 aliphatic carbocycles. The second-order valence-corrected chi connectivity index (χ2v) is 5.62. The number of hydrogen-bond acceptors (Lipinski definition) is 2. The molecule has 3 unspecified atom stereocenters. The number of Topliss-reactive ketones (excluding diaryl/α,β-unsaturated/α-hetero) is 1. The molecule has 0 spiro atoms. The van der Waals surface area contributed by atoms with E-state index in [1.807, 2.05) is 0 Å². The van der Waals surface area contributed by atoms with Crippen LogP contribution < -0.4 is 5.32 Å². The number of fused-ring (bicyclic) bond motifs is 1. The van der Waals surface area contributed by atoms with Crippen molar-refractivity contribution in [2.24, 2.45) is 11.8 Å². The van der Waals surface area contributed by atoms with E-state index in [-0.39, 0.29) is 23.8 Å². The van der Waals surface area contributed by atoms with Gasteiger partial charge in [0.2, 0.25) is 0 Å². The number of halogens is 2. The zero-order valence-corrected chi connectivity index (χ0v) is 10.7. The molecular weight excluding hydrogens is 248 g/mol. The largest absolute Gasteiger partial charge is 0.313 e. The lowest BCUT2D eigenvalue weighted by molar-refractivity contribution is 0.0959. The highest BCUT2D eigenvalue weighted by atomic mass is 19.1. The van der Waals surface area contributed by atoms with Gasteiger partial charge in [0.25, 0.3) is 0 Å². The molecular formula is C15H17F2NO. The van der Waals surface area contributed by atoms with E-state index in [0.717, 1.165) is 31.2 Å². The van der Waals surface area contributed by atoms with Gasteiger partial charge in [0, 0.05) is 12.5 Å². The van der Waals surface area contributed by atoms with Crippen molar-refractivity contribution in [3.05, 3.63) is 35.4 Å². The average Bonchev–Trinajstić information content (AvgIpc) is 2.97. The molecule has 1 saturated carbocycles. The number of benzene rings is 1. The van der Waals surface area contributed by atoms with E-state index < -0.39 is 11.6 Å². The first-order valence-electron chi connectivity index (χ1n) is 6.87. The Morgan fingerprint density at radius 1 is 1.32 bits per heavy atom. The van der Waals surface area contributed by atoms with Gasteiger partial charge in [-0.2, -0.15) is 0 Å². The molecule has 0 radical (unpaired) electrons. The van der Waals surface area contributed by atoms with Crippen LogP contribution >= 0.6 is 0 Å². The minimum Gasteiger partial charge on any atom is -0.313 e. The van der Waals surface area contributed by atoms with Crippen molar-refractivity contribution < 1.29 is 13.6 Å². The van der Waals surface area contributed by atoms with E-state index in [9.17, 15) is 13.6 Å². The highest BCUT2D eigenvalue weighted by molar-refractivity contribution is 5.96. The standard InChI is InChI=1S/C15H17F2NO/c16-10-4-5-13(17)12(6-10)15(19)7-14-11-3-1-2-9(11)8-18-14/h4-6,9,11,14,18H,1-3,7-8H2. The van der Waals surface area contributed by atoms with Crippen molar-refractivity contribution in [1.29, 1.82) is 0 Å². The molecule has 1 aromatic carbocycles. The molecule has 0 amide bonds. The van der Waals surface area contributed by atoms with Crippen LogP contribution in [-0.4, -0.2) is 18.4 Å². The van der Waals surface area contributed by atoms with Gasteiger partial charge in [-0.05, 0) is 49.4 Å². The molecule has 2 aliphatic rings. The third-order valence-corrected chi connectivity index (χ3v) is 4.51. The third kappa shape index (κ3) is 2.41. The van der Waals surface area contributed by atoms with Crippen molar-refractivity contribution in [2.45, 2.75) is 31.7 Å². The van der Waals surface area contributed by atoms with Crippen LogP contribution in [0.3, 0.4) is 0 Å². The number of carbonyl (C=O) groups is 1. The minimum absolute atomic E-state index is 0.122. The zero-order valence-electron chi connectivity index (χ0n) is 10.7. The summed E-state index contributed by atoms with van der Waals surface area (Å²) in [6.07, 6.45) is 3.84. The SMILES string of the molecule is O=C(CC1NCC2CCCC21)c1cc(F)ccc1F. The highest BCUT2D eigenvalue weighted by Crippen LogP contribution is 2.39. The molecule has 2 fully saturated rings. The molecule has 0 bridgehead atoms. The Hall–Kier alpha value is -1.29. The predicted octanol–water partition coefficient (Wildman–Crippen LogP) is 2.93. The van der Waals surface area contributed by atoms with Gasteiger partial charge in [-0.15, -0.1) is 0 Å². The summed E-state index contributed by atoms with van der Waals surface area (Å²) < 4.78 is 26.7. The smallest absolute Gasteiger partial charge is 0.167 e. The highest BCUT2D eigenvalue weighted by Gasteiger charge is 2.39. The summed E-state index contributed by atoms with van der Waals surface area (Å²) in [5, 5.41) is 3.36. The Bertz CT molecular complexity index is 503. The van der Waals surface area contributed by atoms with E-state index in [1.54, 1.807) is 0 Å². The van der Waals surface area contributed by atoms with E-state index >= 15 is 0 Å². The molecule has 0 aromatic heterocycles. The quantitative estimate of drug-likeness (QED) is 0.851. The fraction of sp³-hybridized carbons (Fsp3) is 0.533. The first kappa shape index (κ1) is 12.7. The maximum absolute atomic E-state index is 13.6. The van der Waals surface area contributed by atoms with Gasteiger partial charge < -0.3 is 5.32 Å². The first-order valence-corrected chi connectivity index (χ1v) is 6.87. The number of hydrogen-bond donors (Lipinski definition) is 1. The van der Waals surface area contributed by atoms with E-state index in [2.05, 4.69) is 5.32 Å². The maximum Gasteiger partial charge on any atom is 0.167 e. The Morgan fingerprint density at radius 3 is 3.00 bits per heavy atom. The molecule has 102 valence electrons. The lowest BCUT2D eigenvalue weighted by Gasteiger charge is -2.17. The van der Waals surface area contributed by atoms with Gasteiger partial charge in [0.05, 0.1) is 5.56 Å². The Balaban J connectivity index is 1.73. The molecule has 1 heterocycles. The van der Waals surface area contributed by atoms with Gasteiger partial charge in [0.1, 0.15) is 11.6 Å². The van der Waals surface area contributed by atoms with Crippen LogP contribution in [-0.2, 0) is 0 Å². The van der Waals surface area contributed by atoms with E-state index in [4.69, 9.17) is 0 Å². The van der Waals surface area contributed by atoms with Crippen LogP contribution in [0.1, 0.15) is 36.0 Å². The summed E-state index contributed by atoms with van der Waals surface area (Å²) in [7, 11) is 0. The second kappa shape index (κ2) is 5.00. The molecule has 4 heteroatoms. The Kier molecular flexibility index (Phi) is 3.35. The Morgan fingerprint density at radius 2 is 2.16 bits per heavy atom. The molecule has 1 aliphatic heterocycles. The van der Waals surface area contributed by atoms with Crippen LogP contribution in [0.15, 0.2) is 18.2 Å². The van der Waals surface area contributed by atoms with Gasteiger partial charge in [-0.25, -0.2) is 8.78 Å². The summed E-state index contributed by atoms with van der Waals surface area (Å²) in [6.45, 7) is 0.953. The summed E-state index contributed by atoms with van der Waals surface area (Å²) in [5.74, 6) is -0.312. The predicted molar refractivity (Wildman–Crippen MR) is 67.9 cm³/mol. The molecule has 3 rings (SSSR count). The van der Waals surface area contributed by atoms with Gasteiger partial charge in [-0.3, -0.25) is 4.79 Å². The maximum atomic E-state index is 13.6. The van der Waals surface area contributed by atoms with Crippen molar-refractivity contribution >= 4 is 5.78 Å². The number of carbonyl (C=O) groups excluding carboxylic acids is 1. The van der Waals surface area contributed by atoms with Crippen LogP contribution in [0.4, 0.5) is 8.78 Å². The van der Waals surface area contributed by atoms with Crippen LogP contribution in [0, 0.1) is 23.5 Å². The molecule has 19 heavy (non-hydrogen) atoms. The zero-order chi connectivity index (χ0) is 13.4. The first-order chi connectivity index (χ1) is 9.15. The normalized spacial score (nSPS) is 29.5. The third-order valence-electron chi connectivity index (χ3n) is 4.51. The fourth-order valence-electron chi connectivity index (χ4n) is 3.55. The van der Waals surface area contributed by atoms with E-state index in [0.29, 0.717) is 11.8 Å². The monoisotopic (exact) mass is 265 g/mol. The van der Waals surface area contributed by atoms with Crippen LogP contribution in [0.5, 0.6) is 0 Å². The lowest BCUT2D eigenvalue weighted by atomic mass is 9.90. The van der Waals surface area contributed by atoms with Crippen molar-refractivity contribution in [1.82, 2.24) is 5.32 Å². The average molecular weight is 265 g/mol. The second-order valence-electron chi connectivity index (χ2n) is 5.62. The molecule has 2 nitrogen and oxygen atoms in total. The molecule has 1 aromatic rings. The number of ketones is 1. The van der Waals surface area contributed by atoms with Crippen LogP contribution in [0.2, 0.25) is 0 Å². The fourth-order valence-corrected chi connectivity index (χ4v) is 3.55. The van der Waals surface area contributed by atoms with Crippen molar-refractivity contribution in [3.63, 3.8) is 0 Å². The topological polar surface area (TPSA) is 29.1 Å². The van der Waals surface area contributed by atoms with Gasteiger partial charge >= 0.3 is 0 Å². The van der Waals surface area contributed by atoms with Gasteiger partial charge in [0.15, 0.2) is 5.78 Å². The van der Waals surface area contributed by atoms with Gasteiger partial charge in [-0.1, -0.05) is 6.42 Å². The van der Waals surface area contributed by atoms with Crippen molar-refractivity contribution in [3.8, 4) is 0 Å². The molecule has 3 atom stereocenters. The summed E-state index contributed by atoms with van der Waals surface area (Å²) in [4.78, 5) is 12.1. The summed E-state index contributed by atoms with van der Waals surface area (Å²) in [5.41, 5.74) is -0.122. The molecule has 1 N–H and O–H groups in total. The lowest BCUT2D eigenvalue weighted by Crippen LogP contribution is -2.29. The Labute approximate surface area is 111 Å².